The Balaban J connectivity index is 1.42. The second-order valence-corrected chi connectivity index (χ2v) is 6.12. The van der Waals surface area contributed by atoms with E-state index >= 15 is 0 Å². The molecule has 0 radical (unpaired) electrons. The molecule has 4 heteroatoms. The molecule has 0 spiro atoms. The van der Waals surface area contributed by atoms with Gasteiger partial charge in [-0.2, -0.15) is 0 Å². The Morgan fingerprint density at radius 2 is 2.05 bits per heavy atom. The van der Waals surface area contributed by atoms with Crippen molar-refractivity contribution < 1.29 is 5.11 Å². The molecule has 1 saturated heterocycles. The Kier molecular flexibility index (Phi) is 4.53. The van der Waals surface area contributed by atoms with Crippen molar-refractivity contribution in [3.8, 4) is 0 Å². The Morgan fingerprint density at radius 1 is 1.20 bits per heavy atom. The molecule has 2 N–H and O–H groups in total. The lowest BCUT2D eigenvalue weighted by Crippen LogP contribution is -2.44. The summed E-state index contributed by atoms with van der Waals surface area (Å²) < 4.78 is 0. The summed E-state index contributed by atoms with van der Waals surface area (Å²) in [5, 5.41) is 13.5. The number of anilines is 1. The van der Waals surface area contributed by atoms with Gasteiger partial charge in [0.25, 0.3) is 0 Å². The number of aliphatic hydroxyl groups is 1. The molecule has 1 aromatic rings. The van der Waals surface area contributed by atoms with E-state index in [9.17, 15) is 5.11 Å². The molecule has 2 unspecified atom stereocenters. The molecule has 0 amide bonds. The minimum atomic E-state index is -0.0730. The molecule has 2 atom stereocenters. The van der Waals surface area contributed by atoms with Crippen molar-refractivity contribution >= 4 is 5.82 Å². The highest BCUT2D eigenvalue weighted by Gasteiger charge is 2.26. The summed E-state index contributed by atoms with van der Waals surface area (Å²) in [6, 6.07) is 6.70. The van der Waals surface area contributed by atoms with Gasteiger partial charge in [-0.05, 0) is 43.7 Å². The van der Waals surface area contributed by atoms with Crippen LogP contribution in [0.3, 0.4) is 0 Å². The van der Waals surface area contributed by atoms with Crippen molar-refractivity contribution in [3.05, 3.63) is 24.4 Å². The number of pyridine rings is 1. The quantitative estimate of drug-likeness (QED) is 0.880. The zero-order chi connectivity index (χ0) is 13.8. The molecular formula is C16H25N3O. The van der Waals surface area contributed by atoms with Gasteiger partial charge in [0, 0.05) is 31.9 Å². The van der Waals surface area contributed by atoms with E-state index < -0.39 is 0 Å². The van der Waals surface area contributed by atoms with E-state index in [1.807, 2.05) is 18.3 Å². The van der Waals surface area contributed by atoms with Gasteiger partial charge in [0.05, 0.1) is 6.10 Å². The minimum absolute atomic E-state index is 0.0730. The summed E-state index contributed by atoms with van der Waals surface area (Å²) >= 11 is 0. The molecule has 20 heavy (non-hydrogen) atoms. The largest absolute Gasteiger partial charge is 0.393 e. The molecule has 1 aliphatic carbocycles. The lowest BCUT2D eigenvalue weighted by Gasteiger charge is -2.34. The van der Waals surface area contributed by atoms with E-state index in [2.05, 4.69) is 21.3 Å². The van der Waals surface area contributed by atoms with Gasteiger partial charge in [-0.25, -0.2) is 4.98 Å². The molecule has 2 aliphatic rings. The molecule has 110 valence electrons. The van der Waals surface area contributed by atoms with Crippen LogP contribution in [0.15, 0.2) is 24.4 Å². The molecule has 4 nitrogen and oxygen atoms in total. The Labute approximate surface area is 121 Å². The highest BCUT2D eigenvalue weighted by Crippen LogP contribution is 2.25. The summed E-state index contributed by atoms with van der Waals surface area (Å²) in [5.41, 5.74) is 0. The van der Waals surface area contributed by atoms with Gasteiger partial charge in [-0.1, -0.05) is 12.5 Å². The SMILES string of the molecule is OC1CCCC1CNC1CCN(c2ccccn2)CC1. The molecule has 2 fully saturated rings. The van der Waals surface area contributed by atoms with E-state index in [0.717, 1.165) is 31.9 Å². The van der Waals surface area contributed by atoms with Gasteiger partial charge >= 0.3 is 0 Å². The number of nitrogens with zero attached hydrogens (tertiary/aromatic N) is 2. The van der Waals surface area contributed by atoms with Crippen LogP contribution < -0.4 is 10.2 Å². The van der Waals surface area contributed by atoms with E-state index in [1.54, 1.807) is 0 Å². The number of hydrogen-bond acceptors (Lipinski definition) is 4. The van der Waals surface area contributed by atoms with Crippen LogP contribution in [0.4, 0.5) is 5.82 Å². The average molecular weight is 275 g/mol. The maximum atomic E-state index is 9.85. The predicted octanol–water partition coefficient (Wildman–Crippen LogP) is 1.80. The highest BCUT2D eigenvalue weighted by molar-refractivity contribution is 5.38. The van der Waals surface area contributed by atoms with Crippen molar-refractivity contribution in [1.82, 2.24) is 10.3 Å². The van der Waals surface area contributed by atoms with E-state index in [4.69, 9.17) is 0 Å². The number of aliphatic hydroxyl groups excluding tert-OH is 1. The number of aromatic nitrogens is 1. The maximum absolute atomic E-state index is 9.85. The fraction of sp³-hybridized carbons (Fsp3) is 0.688. The summed E-state index contributed by atoms with van der Waals surface area (Å²) in [7, 11) is 0. The van der Waals surface area contributed by atoms with Crippen LogP contribution in [0.25, 0.3) is 0 Å². The third-order valence-corrected chi connectivity index (χ3v) is 4.76. The van der Waals surface area contributed by atoms with Crippen molar-refractivity contribution in [2.45, 2.75) is 44.2 Å². The van der Waals surface area contributed by atoms with Crippen LogP contribution >= 0.6 is 0 Å². The van der Waals surface area contributed by atoms with Crippen molar-refractivity contribution in [2.75, 3.05) is 24.5 Å². The zero-order valence-electron chi connectivity index (χ0n) is 12.0. The van der Waals surface area contributed by atoms with Crippen LogP contribution in [0.1, 0.15) is 32.1 Å². The van der Waals surface area contributed by atoms with Crippen molar-refractivity contribution in [3.63, 3.8) is 0 Å². The number of hydrogen-bond donors (Lipinski definition) is 2. The van der Waals surface area contributed by atoms with Crippen molar-refractivity contribution in [1.29, 1.82) is 0 Å². The lowest BCUT2D eigenvalue weighted by atomic mass is 10.0. The highest BCUT2D eigenvalue weighted by atomic mass is 16.3. The first-order valence-corrected chi connectivity index (χ1v) is 7.90. The lowest BCUT2D eigenvalue weighted by molar-refractivity contribution is 0.129. The van der Waals surface area contributed by atoms with Gasteiger partial charge < -0.3 is 15.3 Å². The molecule has 1 saturated carbocycles. The summed E-state index contributed by atoms with van der Waals surface area (Å²) in [4.78, 5) is 6.78. The van der Waals surface area contributed by atoms with Crippen LogP contribution in [0.2, 0.25) is 0 Å². The first-order chi connectivity index (χ1) is 9.83. The smallest absolute Gasteiger partial charge is 0.128 e. The van der Waals surface area contributed by atoms with Gasteiger partial charge in [0.2, 0.25) is 0 Å². The fourth-order valence-electron chi connectivity index (χ4n) is 3.43. The summed E-state index contributed by atoms with van der Waals surface area (Å²) in [5.74, 6) is 1.57. The molecular weight excluding hydrogens is 250 g/mol. The van der Waals surface area contributed by atoms with Crippen LogP contribution in [0, 0.1) is 5.92 Å². The van der Waals surface area contributed by atoms with Crippen molar-refractivity contribution in [2.24, 2.45) is 5.92 Å². The Morgan fingerprint density at radius 3 is 2.70 bits per heavy atom. The number of rotatable bonds is 4. The Bertz CT molecular complexity index is 403. The molecule has 3 rings (SSSR count). The molecule has 1 aliphatic heterocycles. The molecule has 1 aromatic heterocycles. The Hall–Kier alpha value is -1.13. The monoisotopic (exact) mass is 275 g/mol. The number of nitrogens with one attached hydrogen (secondary N) is 1. The maximum Gasteiger partial charge on any atom is 0.128 e. The normalized spacial score (nSPS) is 27.9. The molecule has 0 aromatic carbocycles. The van der Waals surface area contributed by atoms with E-state index in [0.29, 0.717) is 12.0 Å². The molecule has 2 heterocycles. The van der Waals surface area contributed by atoms with Crippen LogP contribution in [0.5, 0.6) is 0 Å². The second kappa shape index (κ2) is 6.55. The topological polar surface area (TPSA) is 48.4 Å². The summed E-state index contributed by atoms with van der Waals surface area (Å²) in [6.07, 6.45) is 7.48. The predicted molar refractivity (Wildman–Crippen MR) is 80.8 cm³/mol. The van der Waals surface area contributed by atoms with E-state index in [1.165, 1.54) is 25.7 Å². The first-order valence-electron chi connectivity index (χ1n) is 7.90. The summed E-state index contributed by atoms with van der Waals surface area (Å²) in [6.45, 7) is 3.12. The number of piperidine rings is 1. The van der Waals surface area contributed by atoms with Crippen LogP contribution in [-0.2, 0) is 0 Å². The standard InChI is InChI=1S/C16H25N3O/c20-15-5-3-4-13(15)12-18-14-7-10-19(11-8-14)16-6-1-2-9-17-16/h1-2,6,9,13-15,18,20H,3-5,7-8,10-12H2. The van der Waals surface area contributed by atoms with Gasteiger partial charge in [0.15, 0.2) is 0 Å². The first kappa shape index (κ1) is 13.8. The fourth-order valence-corrected chi connectivity index (χ4v) is 3.43. The van der Waals surface area contributed by atoms with Gasteiger partial charge in [0.1, 0.15) is 5.82 Å². The average Bonchev–Trinajstić information content (AvgIpc) is 2.92. The zero-order valence-corrected chi connectivity index (χ0v) is 12.0. The van der Waals surface area contributed by atoms with Gasteiger partial charge in [-0.15, -0.1) is 0 Å². The van der Waals surface area contributed by atoms with E-state index in [-0.39, 0.29) is 6.10 Å². The van der Waals surface area contributed by atoms with Gasteiger partial charge in [-0.3, -0.25) is 0 Å². The second-order valence-electron chi connectivity index (χ2n) is 6.12. The molecule has 0 bridgehead atoms. The third kappa shape index (κ3) is 3.30. The van der Waals surface area contributed by atoms with Crippen LogP contribution in [-0.4, -0.2) is 41.9 Å². The third-order valence-electron chi connectivity index (χ3n) is 4.76. The minimum Gasteiger partial charge on any atom is -0.393 e.